The van der Waals surface area contributed by atoms with E-state index in [0.29, 0.717) is 0 Å². The molecule has 0 aliphatic carbocycles. The van der Waals surface area contributed by atoms with E-state index in [1.165, 1.54) is 0 Å². The fraction of sp³-hybridized carbons (Fsp3) is 1.00. The van der Waals surface area contributed by atoms with Gasteiger partial charge in [-0.05, 0) is 13.8 Å². The summed E-state index contributed by atoms with van der Waals surface area (Å²) in [5, 5.41) is 4.20. The minimum absolute atomic E-state index is 0. The first kappa shape index (κ1) is 11.0. The van der Waals surface area contributed by atoms with Gasteiger partial charge in [-0.25, -0.2) is 0 Å². The largest absolute Gasteiger partial charge is 1.00 e. The van der Waals surface area contributed by atoms with Crippen molar-refractivity contribution in [2.75, 3.05) is 19.7 Å². The smallest absolute Gasteiger partial charge is 0.658 e. The topological polar surface area (TPSA) is 23.3 Å². The van der Waals surface area contributed by atoms with Gasteiger partial charge in [0.1, 0.15) is 0 Å². The molecule has 3 heteroatoms. The van der Waals surface area contributed by atoms with Crippen molar-refractivity contribution in [3.63, 3.8) is 0 Å². The van der Waals surface area contributed by atoms with Crippen LogP contribution in [-0.4, -0.2) is 25.3 Å². The van der Waals surface area contributed by atoms with Crippen molar-refractivity contribution < 1.29 is 73.6 Å². The first-order valence-corrected chi connectivity index (χ1v) is 2.98. The van der Waals surface area contributed by atoms with Crippen molar-refractivity contribution in [1.82, 2.24) is 0 Å². The molecule has 48 valence electrons. The van der Waals surface area contributed by atoms with E-state index in [-0.39, 0.29) is 74.5 Å². The number of morpholine rings is 1. The van der Waals surface area contributed by atoms with Gasteiger partial charge in [0.15, 0.2) is 0 Å². The van der Waals surface area contributed by atoms with Crippen LogP contribution in [0.2, 0.25) is 0 Å². The zero-order valence-electron chi connectivity index (χ0n) is 6.48. The summed E-state index contributed by atoms with van der Waals surface area (Å²) in [5.74, 6) is 0. The van der Waals surface area contributed by atoms with Gasteiger partial charge in [0.2, 0.25) is 0 Å². The molecule has 9 heavy (non-hydrogen) atoms. The molecule has 0 aromatic carbocycles. The van der Waals surface area contributed by atoms with Crippen LogP contribution < -0.4 is 68.9 Å². The minimum Gasteiger partial charge on any atom is -0.658 e. The summed E-state index contributed by atoms with van der Waals surface area (Å²) in [5.41, 5.74) is 0.0122. The summed E-state index contributed by atoms with van der Waals surface area (Å²) in [7, 11) is 0. The van der Waals surface area contributed by atoms with Crippen LogP contribution >= 0.6 is 0 Å². The summed E-state index contributed by atoms with van der Waals surface area (Å²) in [4.78, 5) is 0. The van der Waals surface area contributed by atoms with Gasteiger partial charge in [0.25, 0.3) is 0 Å². The van der Waals surface area contributed by atoms with Crippen molar-refractivity contribution >= 4 is 0 Å². The third kappa shape index (κ3) is 4.42. The second-order valence-electron chi connectivity index (χ2n) is 2.71. The van der Waals surface area contributed by atoms with E-state index in [0.717, 1.165) is 19.7 Å². The molecular formula is C6H12CsNO. The Morgan fingerprint density at radius 1 is 1.44 bits per heavy atom. The van der Waals surface area contributed by atoms with Gasteiger partial charge >= 0.3 is 68.9 Å². The molecule has 0 aromatic heterocycles. The Balaban J connectivity index is 0.000000640. The van der Waals surface area contributed by atoms with E-state index in [4.69, 9.17) is 4.74 Å². The molecule has 2 nitrogen and oxygen atoms in total. The molecule has 0 atom stereocenters. The van der Waals surface area contributed by atoms with Crippen molar-refractivity contribution in [3.8, 4) is 0 Å². The monoisotopic (exact) mass is 247 g/mol. The molecule has 0 unspecified atom stereocenters. The molecule has 1 rings (SSSR count). The van der Waals surface area contributed by atoms with Crippen LogP contribution in [0, 0.1) is 0 Å². The Bertz CT molecular complexity index is 77.1. The number of ether oxygens (including phenoxy) is 1. The maximum atomic E-state index is 5.37. The number of hydrogen-bond acceptors (Lipinski definition) is 1. The molecule has 0 spiro atoms. The third-order valence-electron chi connectivity index (χ3n) is 1.23. The maximum Gasteiger partial charge on any atom is 1.00 e. The average Bonchev–Trinajstić information content (AvgIpc) is 1.65. The minimum atomic E-state index is 0. The van der Waals surface area contributed by atoms with Gasteiger partial charge in [0, 0.05) is 12.2 Å². The normalized spacial score (nSPS) is 24.7. The van der Waals surface area contributed by atoms with Crippen LogP contribution in [0.25, 0.3) is 5.32 Å². The number of hydrogen-bond donors (Lipinski definition) is 0. The standard InChI is InChI=1S/C6H12NO.Cs/c1-6(2)5-7-3-4-8-6;/h3-5H2,1-2H3;/q-1;+1. The van der Waals surface area contributed by atoms with Crippen molar-refractivity contribution in [2.24, 2.45) is 0 Å². The van der Waals surface area contributed by atoms with Crippen LogP contribution in [0.15, 0.2) is 0 Å². The maximum absolute atomic E-state index is 5.37. The predicted octanol–water partition coefficient (Wildman–Crippen LogP) is -1.83. The summed E-state index contributed by atoms with van der Waals surface area (Å²) in [6.07, 6.45) is 0. The van der Waals surface area contributed by atoms with Gasteiger partial charge in [-0.2, -0.15) is 0 Å². The first-order chi connectivity index (χ1) is 3.71. The molecule has 0 radical (unpaired) electrons. The fourth-order valence-electron chi connectivity index (χ4n) is 0.780. The Labute approximate surface area is 116 Å². The Morgan fingerprint density at radius 2 is 2.11 bits per heavy atom. The van der Waals surface area contributed by atoms with E-state index in [2.05, 4.69) is 19.2 Å². The number of nitrogens with zero attached hydrogens (tertiary/aromatic N) is 1. The van der Waals surface area contributed by atoms with Crippen molar-refractivity contribution in [2.45, 2.75) is 19.4 Å². The molecule has 1 heterocycles. The Morgan fingerprint density at radius 3 is 2.33 bits per heavy atom. The second-order valence-corrected chi connectivity index (χ2v) is 2.71. The summed E-state index contributed by atoms with van der Waals surface area (Å²) in [6.45, 7) is 6.66. The van der Waals surface area contributed by atoms with E-state index in [9.17, 15) is 0 Å². The molecule has 0 amide bonds. The quantitative estimate of drug-likeness (QED) is 0.494. The zero-order chi connectivity index (χ0) is 6.04. The molecule has 1 aliphatic heterocycles. The summed E-state index contributed by atoms with van der Waals surface area (Å²) >= 11 is 0. The molecule has 1 fully saturated rings. The van der Waals surface area contributed by atoms with E-state index in [1.807, 2.05) is 0 Å². The first-order valence-electron chi connectivity index (χ1n) is 2.98. The summed E-state index contributed by atoms with van der Waals surface area (Å²) in [6, 6.07) is 0. The molecule has 0 bridgehead atoms. The molecule has 1 aliphatic rings. The Kier molecular flexibility index (Phi) is 5.82. The van der Waals surface area contributed by atoms with Crippen LogP contribution in [0.1, 0.15) is 13.8 Å². The average molecular weight is 247 g/mol. The van der Waals surface area contributed by atoms with Gasteiger partial charge in [0.05, 0.1) is 0 Å². The fourth-order valence-corrected chi connectivity index (χ4v) is 0.780. The van der Waals surface area contributed by atoms with E-state index >= 15 is 0 Å². The van der Waals surface area contributed by atoms with Gasteiger partial charge < -0.3 is 10.1 Å². The van der Waals surface area contributed by atoms with E-state index < -0.39 is 0 Å². The van der Waals surface area contributed by atoms with Crippen LogP contribution in [0.4, 0.5) is 0 Å². The van der Waals surface area contributed by atoms with Gasteiger partial charge in [-0.15, -0.1) is 13.1 Å². The van der Waals surface area contributed by atoms with E-state index in [1.54, 1.807) is 0 Å². The number of rotatable bonds is 0. The van der Waals surface area contributed by atoms with Crippen LogP contribution in [0.5, 0.6) is 0 Å². The van der Waals surface area contributed by atoms with Crippen LogP contribution in [0.3, 0.4) is 0 Å². The second kappa shape index (κ2) is 4.77. The van der Waals surface area contributed by atoms with Crippen LogP contribution in [-0.2, 0) is 4.74 Å². The molecule has 0 N–H and O–H groups in total. The Hall–Kier alpha value is 1.97. The zero-order valence-corrected chi connectivity index (χ0v) is 12.8. The van der Waals surface area contributed by atoms with Crippen molar-refractivity contribution in [1.29, 1.82) is 0 Å². The van der Waals surface area contributed by atoms with Gasteiger partial charge in [-0.1, -0.05) is 0 Å². The molecule has 0 aromatic rings. The SMILES string of the molecule is CC1(C)C[N-]CCO1.[Cs+]. The van der Waals surface area contributed by atoms with Gasteiger partial charge in [-0.3, -0.25) is 0 Å². The molecule has 1 saturated heterocycles. The van der Waals surface area contributed by atoms with Crippen molar-refractivity contribution in [3.05, 3.63) is 5.32 Å². The summed E-state index contributed by atoms with van der Waals surface area (Å²) < 4.78 is 5.37. The molecule has 0 saturated carbocycles. The predicted molar refractivity (Wildman–Crippen MR) is 33.1 cm³/mol. The molecular weight excluding hydrogens is 235 g/mol. The third-order valence-corrected chi connectivity index (χ3v) is 1.23.